The molecule has 0 atom stereocenters. The third-order valence-electron chi connectivity index (χ3n) is 4.37. The fraction of sp³-hybridized carbons (Fsp3) is 0.0476. The maximum absolute atomic E-state index is 4.31. The minimum Gasteiger partial charge on any atom is -0.319 e. The zero-order valence-corrected chi connectivity index (χ0v) is 13.2. The maximum Gasteiger partial charge on any atom is 0.121 e. The van der Waals surface area contributed by atoms with Crippen LogP contribution >= 0.6 is 0 Å². The summed E-state index contributed by atoms with van der Waals surface area (Å²) < 4.78 is 2.16. The smallest absolute Gasteiger partial charge is 0.121 e. The molecule has 0 fully saturated rings. The molecule has 4 aromatic rings. The first-order valence-electron chi connectivity index (χ1n) is 7.92. The van der Waals surface area contributed by atoms with Gasteiger partial charge in [-0.25, -0.2) is 4.98 Å². The van der Waals surface area contributed by atoms with Gasteiger partial charge < -0.3 is 4.57 Å². The second-order valence-electron chi connectivity index (χ2n) is 5.65. The lowest BCUT2D eigenvalue weighted by atomic mass is 9.77. The van der Waals surface area contributed by atoms with E-state index in [0.717, 1.165) is 5.56 Å². The molecule has 0 aliphatic heterocycles. The van der Waals surface area contributed by atoms with Gasteiger partial charge in [0.15, 0.2) is 0 Å². The van der Waals surface area contributed by atoms with Gasteiger partial charge in [-0.1, -0.05) is 60.7 Å². The van der Waals surface area contributed by atoms with Gasteiger partial charge in [0.1, 0.15) is 5.54 Å². The third kappa shape index (κ3) is 2.22. The minimum absolute atomic E-state index is 0.484. The third-order valence-corrected chi connectivity index (χ3v) is 4.37. The molecule has 2 aromatic heterocycles. The van der Waals surface area contributed by atoms with Crippen LogP contribution in [0.2, 0.25) is 0 Å². The lowest BCUT2D eigenvalue weighted by molar-refractivity contribution is 0.514. The molecule has 0 aliphatic rings. The van der Waals surface area contributed by atoms with Crippen molar-refractivity contribution in [1.29, 1.82) is 0 Å². The first-order valence-corrected chi connectivity index (χ1v) is 7.92. The molecule has 4 rings (SSSR count). The van der Waals surface area contributed by atoms with Gasteiger partial charge in [-0.2, -0.15) is 0 Å². The molecule has 0 amide bonds. The Balaban J connectivity index is 2.12. The monoisotopic (exact) mass is 311 g/mol. The molecule has 0 saturated carbocycles. The summed E-state index contributed by atoms with van der Waals surface area (Å²) in [7, 11) is 0. The summed E-state index contributed by atoms with van der Waals surface area (Å²) in [6.07, 6.45) is 9.39. The van der Waals surface area contributed by atoms with Crippen molar-refractivity contribution in [3.8, 4) is 0 Å². The van der Waals surface area contributed by atoms with Crippen LogP contribution in [0.1, 0.15) is 16.7 Å². The van der Waals surface area contributed by atoms with E-state index >= 15 is 0 Å². The summed E-state index contributed by atoms with van der Waals surface area (Å²) in [6.45, 7) is 0. The summed E-state index contributed by atoms with van der Waals surface area (Å²) in [4.78, 5) is 8.51. The van der Waals surface area contributed by atoms with Crippen LogP contribution in [0.15, 0.2) is 104 Å². The zero-order chi connectivity index (χ0) is 16.2. The van der Waals surface area contributed by atoms with E-state index in [1.807, 2.05) is 43.2 Å². The maximum atomic E-state index is 4.31. The van der Waals surface area contributed by atoms with Crippen molar-refractivity contribution >= 4 is 0 Å². The highest BCUT2D eigenvalue weighted by Crippen LogP contribution is 2.40. The van der Waals surface area contributed by atoms with Gasteiger partial charge in [0.25, 0.3) is 0 Å². The van der Waals surface area contributed by atoms with E-state index in [2.05, 4.69) is 75.2 Å². The van der Waals surface area contributed by atoms with Gasteiger partial charge in [0.05, 0.1) is 6.33 Å². The largest absolute Gasteiger partial charge is 0.319 e. The van der Waals surface area contributed by atoms with Crippen LogP contribution in [0.3, 0.4) is 0 Å². The van der Waals surface area contributed by atoms with Crippen LogP contribution in [-0.4, -0.2) is 14.5 Å². The molecule has 0 bridgehead atoms. The van der Waals surface area contributed by atoms with E-state index in [9.17, 15) is 0 Å². The quantitative estimate of drug-likeness (QED) is 0.567. The zero-order valence-electron chi connectivity index (χ0n) is 13.2. The molecule has 24 heavy (non-hydrogen) atoms. The van der Waals surface area contributed by atoms with Crippen molar-refractivity contribution in [2.24, 2.45) is 0 Å². The van der Waals surface area contributed by atoms with Gasteiger partial charge in [0.2, 0.25) is 0 Å². The normalized spacial score (nSPS) is 11.3. The van der Waals surface area contributed by atoms with E-state index in [0.29, 0.717) is 0 Å². The molecule has 0 unspecified atom stereocenters. The molecule has 116 valence electrons. The van der Waals surface area contributed by atoms with Gasteiger partial charge in [-0.3, -0.25) is 4.98 Å². The Hall–Kier alpha value is -3.20. The van der Waals surface area contributed by atoms with Crippen LogP contribution in [0.5, 0.6) is 0 Å². The second-order valence-corrected chi connectivity index (χ2v) is 5.65. The fourth-order valence-corrected chi connectivity index (χ4v) is 3.36. The van der Waals surface area contributed by atoms with Crippen molar-refractivity contribution in [1.82, 2.24) is 14.5 Å². The molecule has 3 nitrogen and oxygen atoms in total. The van der Waals surface area contributed by atoms with Crippen LogP contribution < -0.4 is 0 Å². The molecule has 0 saturated heterocycles. The summed E-state index contributed by atoms with van der Waals surface area (Å²) in [5, 5.41) is 0. The van der Waals surface area contributed by atoms with Crippen LogP contribution in [0, 0.1) is 0 Å². The molecule has 0 spiro atoms. The van der Waals surface area contributed by atoms with Crippen molar-refractivity contribution in [3.63, 3.8) is 0 Å². The SMILES string of the molecule is c1ccc(C(c2ccccc2)(c2ccncc2)n2ccnc2)cc1. The number of benzene rings is 2. The highest BCUT2D eigenvalue weighted by atomic mass is 15.1. The van der Waals surface area contributed by atoms with Crippen molar-refractivity contribution < 1.29 is 0 Å². The van der Waals surface area contributed by atoms with Crippen LogP contribution in [0.25, 0.3) is 0 Å². The topological polar surface area (TPSA) is 30.7 Å². The summed E-state index contributed by atoms with van der Waals surface area (Å²) in [5.74, 6) is 0. The number of pyridine rings is 1. The number of aromatic nitrogens is 3. The van der Waals surface area contributed by atoms with E-state index in [1.165, 1.54) is 11.1 Å². The summed E-state index contributed by atoms with van der Waals surface area (Å²) in [5.41, 5.74) is 3.02. The van der Waals surface area contributed by atoms with Gasteiger partial charge in [0, 0.05) is 24.8 Å². The average molecular weight is 311 g/mol. The minimum atomic E-state index is -0.484. The Kier molecular flexibility index (Phi) is 3.67. The molecular weight excluding hydrogens is 294 g/mol. The van der Waals surface area contributed by atoms with Crippen molar-refractivity contribution in [2.75, 3.05) is 0 Å². The molecule has 0 aliphatic carbocycles. The van der Waals surface area contributed by atoms with Crippen molar-refractivity contribution in [3.05, 3.63) is 121 Å². The van der Waals surface area contributed by atoms with Crippen LogP contribution in [-0.2, 0) is 5.54 Å². The van der Waals surface area contributed by atoms with Gasteiger partial charge >= 0.3 is 0 Å². The van der Waals surface area contributed by atoms with E-state index in [4.69, 9.17) is 0 Å². The van der Waals surface area contributed by atoms with E-state index in [-0.39, 0.29) is 0 Å². The molecule has 2 aromatic carbocycles. The highest BCUT2D eigenvalue weighted by Gasteiger charge is 2.37. The number of imidazole rings is 1. The lowest BCUT2D eigenvalue weighted by Gasteiger charge is -2.37. The standard InChI is InChI=1S/C21H17N3/c1-3-7-18(8-4-1)21(24-16-15-23-17-24,19-9-5-2-6-10-19)20-11-13-22-14-12-20/h1-17H. The number of rotatable bonds is 4. The Morgan fingerprint density at radius 3 is 1.62 bits per heavy atom. The van der Waals surface area contributed by atoms with Gasteiger partial charge in [-0.15, -0.1) is 0 Å². The lowest BCUT2D eigenvalue weighted by Crippen LogP contribution is -2.36. The molecule has 2 heterocycles. The fourth-order valence-electron chi connectivity index (χ4n) is 3.36. The second kappa shape index (κ2) is 6.13. The summed E-state index contributed by atoms with van der Waals surface area (Å²) in [6, 6.07) is 25.2. The molecule has 0 N–H and O–H groups in total. The van der Waals surface area contributed by atoms with E-state index < -0.39 is 5.54 Å². The summed E-state index contributed by atoms with van der Waals surface area (Å²) >= 11 is 0. The predicted molar refractivity (Wildman–Crippen MR) is 94.6 cm³/mol. The highest BCUT2D eigenvalue weighted by molar-refractivity contribution is 5.50. The number of hydrogen-bond acceptors (Lipinski definition) is 2. The molecule has 3 heteroatoms. The predicted octanol–water partition coefficient (Wildman–Crippen LogP) is 4.12. The first-order chi connectivity index (χ1) is 11.9. The van der Waals surface area contributed by atoms with E-state index in [1.54, 1.807) is 0 Å². The number of hydrogen-bond donors (Lipinski definition) is 0. The van der Waals surface area contributed by atoms with Crippen molar-refractivity contribution in [2.45, 2.75) is 5.54 Å². The number of nitrogens with zero attached hydrogens (tertiary/aromatic N) is 3. The molecule has 0 radical (unpaired) electrons. The molecular formula is C21H17N3. The van der Waals surface area contributed by atoms with Crippen LogP contribution in [0.4, 0.5) is 0 Å². The first kappa shape index (κ1) is 14.4. The Morgan fingerprint density at radius 1 is 0.583 bits per heavy atom. The Bertz CT molecular complexity index is 789. The Morgan fingerprint density at radius 2 is 1.12 bits per heavy atom. The Labute approximate surface area is 141 Å². The average Bonchev–Trinajstić information content (AvgIpc) is 3.20. The van der Waals surface area contributed by atoms with Gasteiger partial charge in [-0.05, 0) is 28.8 Å².